The average molecular weight is 134 g/mol. The maximum Gasteiger partial charge on any atom is -0.0165 e. The molecule has 4 aliphatic rings. The fraction of sp³-hybridized carbons (Fsp3) is 0.800. The number of hydrogen-bond donors (Lipinski definition) is 0. The molecular weight excluding hydrogens is 120 g/mol. The zero-order valence-corrected chi connectivity index (χ0v) is 6.62. The molecule has 54 valence electrons. The van der Waals surface area contributed by atoms with Crippen molar-refractivity contribution in [2.24, 2.45) is 35.5 Å². The standard InChI is InChI=1S/C10H14/c1-5-7-3-4-8-9(5)10(8)6(7)2/h3-10H,1-2H3/t5-,6+,7?,8?,9?,10?. The topological polar surface area (TPSA) is 0 Å². The van der Waals surface area contributed by atoms with E-state index < -0.39 is 0 Å². The van der Waals surface area contributed by atoms with E-state index in [1.54, 1.807) is 0 Å². The van der Waals surface area contributed by atoms with Crippen molar-refractivity contribution in [3.05, 3.63) is 12.2 Å². The van der Waals surface area contributed by atoms with Gasteiger partial charge in [0.2, 0.25) is 0 Å². The van der Waals surface area contributed by atoms with E-state index in [0.717, 1.165) is 35.5 Å². The zero-order chi connectivity index (χ0) is 6.88. The Morgan fingerprint density at radius 2 is 1.30 bits per heavy atom. The Bertz CT molecular complexity index is 184. The molecule has 0 aromatic carbocycles. The van der Waals surface area contributed by atoms with Crippen molar-refractivity contribution in [3.8, 4) is 0 Å². The lowest BCUT2D eigenvalue weighted by atomic mass is 9.79. The second-order valence-electron chi connectivity index (χ2n) is 4.41. The van der Waals surface area contributed by atoms with Crippen molar-refractivity contribution in [2.45, 2.75) is 13.8 Å². The lowest BCUT2D eigenvalue weighted by Gasteiger charge is -2.26. The Morgan fingerprint density at radius 3 is 1.60 bits per heavy atom. The van der Waals surface area contributed by atoms with Gasteiger partial charge in [-0.2, -0.15) is 0 Å². The summed E-state index contributed by atoms with van der Waals surface area (Å²) in [5.74, 6) is 6.18. The van der Waals surface area contributed by atoms with E-state index in [4.69, 9.17) is 0 Å². The third-order valence-electron chi connectivity index (χ3n) is 4.18. The summed E-state index contributed by atoms with van der Waals surface area (Å²) in [7, 11) is 0. The molecule has 0 nitrogen and oxygen atoms in total. The van der Waals surface area contributed by atoms with Gasteiger partial charge < -0.3 is 0 Å². The monoisotopic (exact) mass is 134 g/mol. The summed E-state index contributed by atoms with van der Waals surface area (Å²) in [5.41, 5.74) is 0. The molecule has 4 bridgehead atoms. The molecular formula is C10H14. The summed E-state index contributed by atoms with van der Waals surface area (Å²) in [6, 6.07) is 0. The van der Waals surface area contributed by atoms with Gasteiger partial charge in [0.15, 0.2) is 0 Å². The van der Waals surface area contributed by atoms with Crippen LogP contribution in [0, 0.1) is 35.5 Å². The van der Waals surface area contributed by atoms with Gasteiger partial charge in [-0.1, -0.05) is 26.0 Å². The third kappa shape index (κ3) is 0.372. The van der Waals surface area contributed by atoms with Gasteiger partial charge in [-0.05, 0) is 35.5 Å². The van der Waals surface area contributed by atoms with E-state index in [-0.39, 0.29) is 0 Å². The van der Waals surface area contributed by atoms with Gasteiger partial charge in [-0.15, -0.1) is 0 Å². The maximum absolute atomic E-state index is 2.47. The quantitative estimate of drug-likeness (QED) is 0.446. The highest BCUT2D eigenvalue weighted by Gasteiger charge is 2.64. The maximum atomic E-state index is 2.47. The van der Waals surface area contributed by atoms with E-state index in [2.05, 4.69) is 26.0 Å². The van der Waals surface area contributed by atoms with Crippen molar-refractivity contribution >= 4 is 0 Å². The fourth-order valence-corrected chi connectivity index (χ4v) is 3.64. The number of rotatable bonds is 0. The van der Waals surface area contributed by atoms with Crippen LogP contribution in [0.3, 0.4) is 0 Å². The average Bonchev–Trinajstić information content (AvgIpc) is 2.58. The highest BCUT2D eigenvalue weighted by atomic mass is 14.7. The molecule has 0 amide bonds. The van der Waals surface area contributed by atoms with Crippen LogP contribution in [0.15, 0.2) is 12.2 Å². The Kier molecular flexibility index (Phi) is 0.725. The minimum absolute atomic E-state index is 0.944. The first-order valence-corrected chi connectivity index (χ1v) is 4.49. The van der Waals surface area contributed by atoms with E-state index in [9.17, 15) is 0 Å². The summed E-state index contributed by atoms with van der Waals surface area (Å²) in [6.45, 7) is 4.88. The highest BCUT2D eigenvalue weighted by molar-refractivity contribution is 5.25. The van der Waals surface area contributed by atoms with Crippen molar-refractivity contribution < 1.29 is 0 Å². The Morgan fingerprint density at radius 1 is 0.800 bits per heavy atom. The normalized spacial score (nSPS) is 68.6. The van der Waals surface area contributed by atoms with Crippen LogP contribution in [-0.4, -0.2) is 0 Å². The zero-order valence-electron chi connectivity index (χ0n) is 6.62. The van der Waals surface area contributed by atoms with Gasteiger partial charge >= 0.3 is 0 Å². The van der Waals surface area contributed by atoms with Crippen molar-refractivity contribution in [1.29, 1.82) is 0 Å². The van der Waals surface area contributed by atoms with E-state index in [1.165, 1.54) is 0 Å². The Balaban J connectivity index is 2.10. The first-order chi connectivity index (χ1) is 4.80. The predicted molar refractivity (Wildman–Crippen MR) is 41.4 cm³/mol. The summed E-state index contributed by atoms with van der Waals surface area (Å²) >= 11 is 0. The molecule has 0 radical (unpaired) electrons. The van der Waals surface area contributed by atoms with Crippen molar-refractivity contribution in [1.82, 2.24) is 0 Å². The summed E-state index contributed by atoms with van der Waals surface area (Å²) in [5, 5.41) is 0. The molecule has 0 aromatic rings. The van der Waals surface area contributed by atoms with Gasteiger partial charge in [-0.3, -0.25) is 0 Å². The molecule has 0 heteroatoms. The van der Waals surface area contributed by atoms with E-state index in [0.29, 0.717) is 0 Å². The molecule has 4 aliphatic carbocycles. The predicted octanol–water partition coefficient (Wildman–Crippen LogP) is 2.32. The minimum atomic E-state index is 0.944. The van der Waals surface area contributed by atoms with Gasteiger partial charge in [0.05, 0.1) is 0 Å². The molecule has 6 atom stereocenters. The van der Waals surface area contributed by atoms with Crippen LogP contribution in [0.25, 0.3) is 0 Å². The highest BCUT2D eigenvalue weighted by Crippen LogP contribution is 2.68. The molecule has 4 rings (SSSR count). The second kappa shape index (κ2) is 1.34. The molecule has 0 spiro atoms. The van der Waals surface area contributed by atoms with Gasteiger partial charge in [-0.25, -0.2) is 0 Å². The first-order valence-electron chi connectivity index (χ1n) is 4.49. The Hall–Kier alpha value is -0.260. The molecule has 2 fully saturated rings. The fourth-order valence-electron chi connectivity index (χ4n) is 3.64. The van der Waals surface area contributed by atoms with Crippen LogP contribution < -0.4 is 0 Å². The summed E-state index contributed by atoms with van der Waals surface area (Å²) in [6.07, 6.45) is 4.94. The van der Waals surface area contributed by atoms with Crippen LogP contribution in [-0.2, 0) is 0 Å². The van der Waals surface area contributed by atoms with Crippen LogP contribution in [0.4, 0.5) is 0 Å². The van der Waals surface area contributed by atoms with E-state index >= 15 is 0 Å². The first kappa shape index (κ1) is 5.40. The smallest absolute Gasteiger partial charge is 0.0165 e. The largest absolute Gasteiger partial charge is 0.0846 e. The van der Waals surface area contributed by atoms with Gasteiger partial charge in [0.25, 0.3) is 0 Å². The molecule has 4 unspecified atom stereocenters. The van der Waals surface area contributed by atoms with Crippen LogP contribution in [0.5, 0.6) is 0 Å². The van der Waals surface area contributed by atoms with Crippen LogP contribution >= 0.6 is 0 Å². The molecule has 0 aliphatic heterocycles. The Labute approximate surface area is 62.3 Å². The van der Waals surface area contributed by atoms with Crippen molar-refractivity contribution in [3.63, 3.8) is 0 Å². The second-order valence-corrected chi connectivity index (χ2v) is 4.41. The summed E-state index contributed by atoms with van der Waals surface area (Å²) in [4.78, 5) is 0. The SMILES string of the molecule is C[C@@H]1C2C3C=CC1[C@@H](C)C32. The van der Waals surface area contributed by atoms with Crippen molar-refractivity contribution in [2.75, 3.05) is 0 Å². The van der Waals surface area contributed by atoms with E-state index in [1.807, 2.05) is 0 Å². The van der Waals surface area contributed by atoms with Gasteiger partial charge in [0, 0.05) is 0 Å². The lowest BCUT2D eigenvalue weighted by molar-refractivity contribution is 0.314. The molecule has 0 heterocycles. The number of hydrogen-bond acceptors (Lipinski definition) is 0. The minimum Gasteiger partial charge on any atom is -0.0846 e. The molecule has 0 saturated heterocycles. The van der Waals surface area contributed by atoms with Crippen LogP contribution in [0.2, 0.25) is 0 Å². The molecule has 0 N–H and O–H groups in total. The third-order valence-corrected chi connectivity index (χ3v) is 4.18. The number of allylic oxidation sites excluding steroid dienone is 2. The molecule has 0 aromatic heterocycles. The summed E-state index contributed by atoms with van der Waals surface area (Å²) < 4.78 is 0. The lowest BCUT2D eigenvalue weighted by Crippen LogP contribution is -2.19. The van der Waals surface area contributed by atoms with Gasteiger partial charge in [0.1, 0.15) is 0 Å². The van der Waals surface area contributed by atoms with Crippen LogP contribution in [0.1, 0.15) is 13.8 Å². The molecule has 10 heavy (non-hydrogen) atoms. The molecule has 2 saturated carbocycles.